The Hall–Kier alpha value is -1.46. The summed E-state index contributed by atoms with van der Waals surface area (Å²) in [5.41, 5.74) is 0.633. The van der Waals surface area contributed by atoms with Crippen LogP contribution < -0.4 is 5.32 Å². The molecule has 118 valence electrons. The molecule has 0 aliphatic heterocycles. The number of hydrogen-bond acceptors (Lipinski definition) is 4. The molecule has 0 spiro atoms. The number of carbonyl (C=O) groups is 1. The van der Waals surface area contributed by atoms with E-state index in [0.29, 0.717) is 30.0 Å². The highest BCUT2D eigenvalue weighted by Gasteiger charge is 2.14. The first kappa shape index (κ1) is 16.9. The van der Waals surface area contributed by atoms with Crippen molar-refractivity contribution < 1.29 is 15.0 Å². The molecule has 0 fully saturated rings. The fourth-order valence-electron chi connectivity index (χ4n) is 2.39. The maximum atomic E-state index is 12.2. The molecule has 0 heterocycles. The lowest BCUT2D eigenvalue weighted by Crippen LogP contribution is -2.40. The Labute approximate surface area is 134 Å². The number of Topliss-reactive ketones (excluding diaryl/α,β-unsaturated/α-hetero) is 1. The van der Waals surface area contributed by atoms with Gasteiger partial charge in [0.05, 0.1) is 6.04 Å². The van der Waals surface area contributed by atoms with E-state index < -0.39 is 12.3 Å². The van der Waals surface area contributed by atoms with Crippen LogP contribution in [0.25, 0.3) is 10.8 Å². The molecule has 0 radical (unpaired) electrons. The summed E-state index contributed by atoms with van der Waals surface area (Å²) in [6, 6.07) is 10.6. The van der Waals surface area contributed by atoms with Crippen LogP contribution in [-0.4, -0.2) is 34.9 Å². The largest absolute Gasteiger partial charge is 0.367 e. The Morgan fingerprint density at radius 3 is 2.73 bits per heavy atom. The molecule has 0 aliphatic carbocycles. The number of fused-ring (bicyclic) bond motifs is 1. The van der Waals surface area contributed by atoms with Crippen LogP contribution in [0.3, 0.4) is 0 Å². The van der Waals surface area contributed by atoms with Gasteiger partial charge in [0.15, 0.2) is 12.1 Å². The van der Waals surface area contributed by atoms with Crippen LogP contribution in [0.1, 0.15) is 30.1 Å². The summed E-state index contributed by atoms with van der Waals surface area (Å²) in [7, 11) is 0. The number of carbonyl (C=O) groups excluding carboxylic acids is 1. The van der Waals surface area contributed by atoms with Crippen molar-refractivity contribution in [2.24, 2.45) is 0 Å². The molecular formula is C17H20ClNO3. The Balaban J connectivity index is 2.01. The number of ketones is 1. The second kappa shape index (κ2) is 7.70. The van der Waals surface area contributed by atoms with Crippen LogP contribution in [-0.2, 0) is 0 Å². The van der Waals surface area contributed by atoms with Crippen molar-refractivity contribution in [3.8, 4) is 0 Å². The highest BCUT2D eigenvalue weighted by Crippen LogP contribution is 2.24. The van der Waals surface area contributed by atoms with Crippen molar-refractivity contribution in [1.82, 2.24) is 5.32 Å². The zero-order valence-electron chi connectivity index (χ0n) is 12.4. The van der Waals surface area contributed by atoms with E-state index in [4.69, 9.17) is 21.8 Å². The monoisotopic (exact) mass is 321 g/mol. The number of aliphatic hydroxyl groups excluding tert-OH is 1. The number of rotatable bonds is 7. The number of hydrogen-bond donors (Lipinski definition) is 3. The first-order chi connectivity index (χ1) is 10.5. The minimum absolute atomic E-state index is 0.0108. The third-order valence-electron chi connectivity index (χ3n) is 3.71. The van der Waals surface area contributed by atoms with Crippen molar-refractivity contribution in [2.75, 3.05) is 6.54 Å². The van der Waals surface area contributed by atoms with Gasteiger partial charge in [0.25, 0.3) is 0 Å². The first-order valence-electron chi connectivity index (χ1n) is 7.34. The van der Waals surface area contributed by atoms with Gasteiger partial charge in [0.2, 0.25) is 0 Å². The third-order valence-corrected chi connectivity index (χ3v) is 4.04. The number of halogens is 1. The van der Waals surface area contributed by atoms with Crippen LogP contribution in [0, 0.1) is 0 Å². The van der Waals surface area contributed by atoms with Gasteiger partial charge in [-0.2, -0.15) is 0 Å². The minimum atomic E-state index is -1.41. The molecule has 3 N–H and O–H groups in total. The standard InChI is InChI=1S/C17H20ClNO3/c1-2-15(17(21)22)19-9-8-16(20)12-6-7-13-11(10-12)4-3-5-14(13)18/h3-7,10,15,17,19,21-22H,2,8-9H2,1H3. The van der Waals surface area contributed by atoms with E-state index in [1.54, 1.807) is 6.07 Å². The summed E-state index contributed by atoms with van der Waals surface area (Å²) in [5.74, 6) is 0.0108. The molecule has 1 atom stereocenters. The lowest BCUT2D eigenvalue weighted by molar-refractivity contribution is -0.0674. The number of aliphatic hydroxyl groups is 2. The number of nitrogens with one attached hydrogen (secondary N) is 1. The predicted molar refractivity (Wildman–Crippen MR) is 88.2 cm³/mol. The molecule has 4 nitrogen and oxygen atoms in total. The van der Waals surface area contributed by atoms with E-state index in [2.05, 4.69) is 5.32 Å². The van der Waals surface area contributed by atoms with Gasteiger partial charge in [0.1, 0.15) is 0 Å². The van der Waals surface area contributed by atoms with Gasteiger partial charge in [-0.15, -0.1) is 0 Å². The summed E-state index contributed by atoms with van der Waals surface area (Å²) < 4.78 is 0. The molecule has 0 saturated carbocycles. The van der Waals surface area contributed by atoms with Crippen LogP contribution in [0.4, 0.5) is 0 Å². The Kier molecular flexibility index (Phi) is 5.91. The molecule has 0 bridgehead atoms. The van der Waals surface area contributed by atoms with Crippen molar-refractivity contribution in [3.05, 3.63) is 47.0 Å². The molecule has 2 aromatic rings. The zero-order valence-corrected chi connectivity index (χ0v) is 13.2. The molecular weight excluding hydrogens is 302 g/mol. The molecule has 0 saturated heterocycles. The van der Waals surface area contributed by atoms with Gasteiger partial charge in [-0.1, -0.05) is 42.8 Å². The molecule has 5 heteroatoms. The fraction of sp³-hybridized carbons (Fsp3) is 0.353. The van der Waals surface area contributed by atoms with E-state index in [9.17, 15) is 4.79 Å². The Bertz CT molecular complexity index is 657. The SMILES string of the molecule is CCC(NCCC(=O)c1ccc2c(Cl)cccc2c1)C(O)O. The molecule has 0 amide bonds. The van der Waals surface area contributed by atoms with Crippen LogP contribution >= 0.6 is 11.6 Å². The first-order valence-corrected chi connectivity index (χ1v) is 7.71. The molecule has 22 heavy (non-hydrogen) atoms. The highest BCUT2D eigenvalue weighted by molar-refractivity contribution is 6.35. The average Bonchev–Trinajstić information content (AvgIpc) is 2.51. The summed E-state index contributed by atoms with van der Waals surface area (Å²) in [4.78, 5) is 12.2. The molecule has 2 aromatic carbocycles. The van der Waals surface area contributed by atoms with E-state index in [-0.39, 0.29) is 5.78 Å². The van der Waals surface area contributed by atoms with Crippen molar-refractivity contribution in [2.45, 2.75) is 32.1 Å². The van der Waals surface area contributed by atoms with Gasteiger partial charge in [0, 0.05) is 28.9 Å². The van der Waals surface area contributed by atoms with Crippen molar-refractivity contribution in [1.29, 1.82) is 0 Å². The summed E-state index contributed by atoms with van der Waals surface area (Å²) in [5, 5.41) is 23.8. The van der Waals surface area contributed by atoms with E-state index >= 15 is 0 Å². The average molecular weight is 322 g/mol. The van der Waals surface area contributed by atoms with Crippen molar-refractivity contribution >= 4 is 28.2 Å². The van der Waals surface area contributed by atoms with E-state index in [1.165, 1.54) is 0 Å². The third kappa shape index (κ3) is 4.05. The maximum Gasteiger partial charge on any atom is 0.167 e. The lowest BCUT2D eigenvalue weighted by Gasteiger charge is -2.18. The van der Waals surface area contributed by atoms with Gasteiger partial charge < -0.3 is 15.5 Å². The molecule has 1 unspecified atom stereocenters. The lowest BCUT2D eigenvalue weighted by atomic mass is 10.0. The van der Waals surface area contributed by atoms with E-state index in [0.717, 1.165) is 10.8 Å². The zero-order chi connectivity index (χ0) is 16.1. The summed E-state index contributed by atoms with van der Waals surface area (Å²) >= 11 is 6.11. The molecule has 0 aromatic heterocycles. The maximum absolute atomic E-state index is 12.2. The number of benzene rings is 2. The Morgan fingerprint density at radius 1 is 1.27 bits per heavy atom. The molecule has 0 aliphatic rings. The van der Waals surface area contributed by atoms with Gasteiger partial charge in [-0.05, 0) is 23.9 Å². The minimum Gasteiger partial charge on any atom is -0.367 e. The normalized spacial score (nSPS) is 12.8. The van der Waals surface area contributed by atoms with Crippen LogP contribution in [0.2, 0.25) is 5.02 Å². The summed E-state index contributed by atoms with van der Waals surface area (Å²) in [6.07, 6.45) is -0.529. The highest BCUT2D eigenvalue weighted by atomic mass is 35.5. The predicted octanol–water partition coefficient (Wildman–Crippen LogP) is 2.74. The summed E-state index contributed by atoms with van der Waals surface area (Å²) in [6.45, 7) is 2.26. The van der Waals surface area contributed by atoms with Gasteiger partial charge in [-0.3, -0.25) is 4.79 Å². The quantitative estimate of drug-likeness (QED) is 0.542. The van der Waals surface area contributed by atoms with Gasteiger partial charge >= 0.3 is 0 Å². The second-order valence-corrected chi connectivity index (χ2v) is 5.64. The van der Waals surface area contributed by atoms with Crippen LogP contribution in [0.5, 0.6) is 0 Å². The fourth-order valence-corrected chi connectivity index (χ4v) is 2.64. The van der Waals surface area contributed by atoms with Crippen molar-refractivity contribution in [3.63, 3.8) is 0 Å². The topological polar surface area (TPSA) is 69.6 Å². The van der Waals surface area contributed by atoms with Crippen LogP contribution in [0.15, 0.2) is 36.4 Å². The second-order valence-electron chi connectivity index (χ2n) is 5.23. The van der Waals surface area contributed by atoms with E-state index in [1.807, 2.05) is 37.3 Å². The molecule has 2 rings (SSSR count). The van der Waals surface area contributed by atoms with Gasteiger partial charge in [-0.25, -0.2) is 0 Å². The Morgan fingerprint density at radius 2 is 2.05 bits per heavy atom. The smallest absolute Gasteiger partial charge is 0.167 e.